The molecule has 0 spiro atoms. The second kappa shape index (κ2) is 4.86. The van der Waals surface area contributed by atoms with Crippen LogP contribution in [0, 0.1) is 0 Å². The van der Waals surface area contributed by atoms with Crippen LogP contribution in [0.4, 0.5) is 0 Å². The van der Waals surface area contributed by atoms with Crippen molar-refractivity contribution < 1.29 is 9.53 Å². The highest BCUT2D eigenvalue weighted by Crippen LogP contribution is 2.39. The molecule has 1 saturated carbocycles. The van der Waals surface area contributed by atoms with E-state index in [0.717, 1.165) is 0 Å². The van der Waals surface area contributed by atoms with E-state index in [9.17, 15) is 4.79 Å². The zero-order chi connectivity index (χ0) is 12.3. The Kier molecular flexibility index (Phi) is 3.27. The molecule has 1 heterocycles. The fraction of sp³-hybridized carbons (Fsp3) is 0.333. The summed E-state index contributed by atoms with van der Waals surface area (Å²) in [6.07, 6.45) is 5.60. The van der Waals surface area contributed by atoms with E-state index < -0.39 is 5.97 Å². The summed E-state index contributed by atoms with van der Waals surface area (Å²) in [4.78, 5) is 15.3. The number of esters is 1. The van der Waals surface area contributed by atoms with Crippen molar-refractivity contribution in [2.45, 2.75) is 18.8 Å². The van der Waals surface area contributed by atoms with Gasteiger partial charge in [-0.05, 0) is 30.4 Å². The molecule has 0 unspecified atom stereocenters. The van der Waals surface area contributed by atoms with Gasteiger partial charge in [-0.25, -0.2) is 4.79 Å². The Morgan fingerprint density at radius 1 is 1.59 bits per heavy atom. The van der Waals surface area contributed by atoms with Crippen LogP contribution in [0.1, 0.15) is 30.0 Å². The Hall–Kier alpha value is -2.04. The molecular formula is C12H12N3O2+. The van der Waals surface area contributed by atoms with Crippen LogP contribution in [0.3, 0.4) is 0 Å². The van der Waals surface area contributed by atoms with Gasteiger partial charge >= 0.3 is 11.5 Å². The first-order chi connectivity index (χ1) is 8.24. The SMILES string of the molecule is COC(=O)C(=Cc1ccc(C2CC2)cn1)N=[N+]. The van der Waals surface area contributed by atoms with E-state index in [-0.39, 0.29) is 5.70 Å². The van der Waals surface area contributed by atoms with Gasteiger partial charge in [-0.3, -0.25) is 4.98 Å². The average Bonchev–Trinajstić information content (AvgIpc) is 3.20. The van der Waals surface area contributed by atoms with Crippen LogP contribution in [0.5, 0.6) is 0 Å². The van der Waals surface area contributed by atoms with E-state index in [4.69, 9.17) is 5.53 Å². The van der Waals surface area contributed by atoms with Crippen molar-refractivity contribution in [3.8, 4) is 0 Å². The minimum absolute atomic E-state index is 0.167. The standard InChI is InChI=1S/C12H12N3O2/c1-17-12(16)11(15-13)6-10-5-4-9(7-14-10)8-2-3-8/h4-8H,2-3H2,1H3/q+1. The highest BCUT2D eigenvalue weighted by atomic mass is 16.5. The van der Waals surface area contributed by atoms with Crippen LogP contribution in [0.25, 0.3) is 6.08 Å². The third-order valence-corrected chi connectivity index (χ3v) is 2.64. The molecule has 1 aliphatic rings. The molecular weight excluding hydrogens is 218 g/mol. The summed E-state index contributed by atoms with van der Waals surface area (Å²) in [7, 11) is 1.23. The molecule has 5 nitrogen and oxygen atoms in total. The minimum Gasteiger partial charge on any atom is -0.464 e. The van der Waals surface area contributed by atoms with Gasteiger partial charge < -0.3 is 4.74 Å². The van der Waals surface area contributed by atoms with Crippen molar-refractivity contribution in [2.75, 3.05) is 7.11 Å². The normalized spacial score (nSPS) is 15.5. The topological polar surface area (TPSA) is 73.8 Å². The Morgan fingerprint density at radius 3 is 2.82 bits per heavy atom. The number of hydrogen-bond donors (Lipinski definition) is 0. The van der Waals surface area contributed by atoms with Gasteiger partial charge in [0.25, 0.3) is 0 Å². The Bertz CT molecular complexity index is 461. The molecule has 2 rings (SSSR count). The number of pyridine rings is 1. The van der Waals surface area contributed by atoms with Crippen LogP contribution in [-0.2, 0) is 9.53 Å². The Labute approximate surface area is 99.0 Å². The van der Waals surface area contributed by atoms with Crippen molar-refractivity contribution in [1.82, 2.24) is 10.5 Å². The summed E-state index contributed by atoms with van der Waals surface area (Å²) in [5.74, 6) is -0.0521. The quantitative estimate of drug-likeness (QED) is 0.449. The van der Waals surface area contributed by atoms with E-state index in [1.807, 2.05) is 6.07 Å². The number of carbonyl (C=O) groups is 1. The van der Waals surface area contributed by atoms with Gasteiger partial charge in [0.15, 0.2) is 5.11 Å². The number of methoxy groups -OCH3 is 1. The van der Waals surface area contributed by atoms with Crippen molar-refractivity contribution in [1.29, 1.82) is 0 Å². The third kappa shape index (κ3) is 2.75. The average molecular weight is 230 g/mol. The molecule has 1 aliphatic carbocycles. The van der Waals surface area contributed by atoms with Gasteiger partial charge in [-0.15, -0.1) is 0 Å². The first-order valence-electron chi connectivity index (χ1n) is 5.35. The number of hydrogen-bond acceptors (Lipinski definition) is 4. The predicted octanol–water partition coefficient (Wildman–Crippen LogP) is 1.73. The fourth-order valence-corrected chi connectivity index (χ4v) is 1.53. The highest BCUT2D eigenvalue weighted by molar-refractivity contribution is 5.92. The summed E-state index contributed by atoms with van der Waals surface area (Å²) in [5, 5.41) is 2.87. The fourth-order valence-electron chi connectivity index (χ4n) is 1.53. The highest BCUT2D eigenvalue weighted by Gasteiger charge is 2.23. The summed E-state index contributed by atoms with van der Waals surface area (Å²) >= 11 is 0. The predicted molar refractivity (Wildman–Crippen MR) is 60.8 cm³/mol. The second-order valence-corrected chi connectivity index (χ2v) is 3.91. The maximum absolute atomic E-state index is 11.2. The molecule has 0 atom stereocenters. The Balaban J connectivity index is 2.18. The zero-order valence-electron chi connectivity index (χ0n) is 9.46. The zero-order valence-corrected chi connectivity index (χ0v) is 9.46. The molecule has 17 heavy (non-hydrogen) atoms. The molecule has 0 amide bonds. The van der Waals surface area contributed by atoms with Gasteiger partial charge in [0, 0.05) is 12.3 Å². The van der Waals surface area contributed by atoms with Gasteiger partial charge in [-0.1, -0.05) is 6.07 Å². The number of aromatic nitrogens is 1. The lowest BCUT2D eigenvalue weighted by Gasteiger charge is -1.98. The molecule has 86 valence electrons. The molecule has 0 N–H and O–H groups in total. The van der Waals surface area contributed by atoms with Crippen LogP contribution < -0.4 is 5.53 Å². The van der Waals surface area contributed by atoms with Crippen LogP contribution in [0.15, 0.2) is 29.1 Å². The molecule has 5 heteroatoms. The molecule has 0 aromatic carbocycles. The number of ether oxygens (including phenoxy) is 1. The van der Waals surface area contributed by atoms with E-state index in [1.165, 1.54) is 31.6 Å². The number of carbonyl (C=O) groups excluding carboxylic acids is 1. The monoisotopic (exact) mass is 230 g/mol. The van der Waals surface area contributed by atoms with Gasteiger partial charge in [0.2, 0.25) is 5.70 Å². The summed E-state index contributed by atoms with van der Waals surface area (Å²) in [6.45, 7) is 0. The van der Waals surface area contributed by atoms with E-state index in [0.29, 0.717) is 11.6 Å². The molecule has 0 aliphatic heterocycles. The minimum atomic E-state index is -0.694. The lowest BCUT2D eigenvalue weighted by atomic mass is 10.2. The lowest BCUT2D eigenvalue weighted by molar-refractivity contribution is -0.136. The summed E-state index contributed by atoms with van der Waals surface area (Å²) in [6, 6.07) is 3.77. The smallest absolute Gasteiger partial charge is 0.464 e. The van der Waals surface area contributed by atoms with Crippen molar-refractivity contribution in [3.05, 3.63) is 35.3 Å². The summed E-state index contributed by atoms with van der Waals surface area (Å²) in [5.41, 5.74) is 10.3. The van der Waals surface area contributed by atoms with Gasteiger partial charge in [0.1, 0.15) is 0 Å². The molecule has 1 aromatic rings. The molecule has 1 aromatic heterocycles. The summed E-state index contributed by atoms with van der Waals surface area (Å²) < 4.78 is 4.46. The van der Waals surface area contributed by atoms with Crippen LogP contribution >= 0.6 is 0 Å². The van der Waals surface area contributed by atoms with E-state index >= 15 is 0 Å². The van der Waals surface area contributed by atoms with Crippen molar-refractivity contribution >= 4 is 12.0 Å². The maximum Gasteiger partial charge on any atom is 0.624 e. The van der Waals surface area contributed by atoms with Crippen molar-refractivity contribution in [2.24, 2.45) is 5.11 Å². The molecule has 0 saturated heterocycles. The van der Waals surface area contributed by atoms with Crippen molar-refractivity contribution in [3.63, 3.8) is 0 Å². The first kappa shape index (κ1) is 11.4. The van der Waals surface area contributed by atoms with Gasteiger partial charge in [0.05, 0.1) is 12.8 Å². The largest absolute Gasteiger partial charge is 0.624 e. The third-order valence-electron chi connectivity index (χ3n) is 2.64. The lowest BCUT2D eigenvalue weighted by Crippen LogP contribution is -2.02. The molecule has 1 fully saturated rings. The number of rotatable bonds is 4. The van der Waals surface area contributed by atoms with Gasteiger partial charge in [-0.2, -0.15) is 0 Å². The molecule has 0 bridgehead atoms. The first-order valence-corrected chi connectivity index (χ1v) is 5.35. The number of nitrogens with zero attached hydrogens (tertiary/aromatic N) is 3. The van der Waals surface area contributed by atoms with E-state index in [2.05, 4.69) is 14.8 Å². The van der Waals surface area contributed by atoms with Crippen LogP contribution in [0.2, 0.25) is 0 Å². The Morgan fingerprint density at radius 2 is 2.35 bits per heavy atom. The second-order valence-electron chi connectivity index (χ2n) is 3.91. The maximum atomic E-state index is 11.2. The van der Waals surface area contributed by atoms with E-state index in [1.54, 1.807) is 12.3 Å². The van der Waals surface area contributed by atoms with Crippen LogP contribution in [-0.4, -0.2) is 18.1 Å². The molecule has 2 radical (unpaired) electrons.